The highest BCUT2D eigenvalue weighted by Gasteiger charge is 2.39. The van der Waals surface area contributed by atoms with Crippen LogP contribution in [0.1, 0.15) is 51.4 Å². The number of rotatable bonds is 16. The van der Waals surface area contributed by atoms with Crippen LogP contribution in [0, 0.1) is 13.8 Å². The molecule has 54 heavy (non-hydrogen) atoms. The maximum atomic E-state index is 6.76. The molecule has 6 heteroatoms. The van der Waals surface area contributed by atoms with Crippen LogP contribution in [0.25, 0.3) is 11.1 Å². The second-order valence-electron chi connectivity index (χ2n) is 13.7. The van der Waals surface area contributed by atoms with Gasteiger partial charge in [-0.1, -0.05) is 158 Å². The molecule has 0 aromatic heterocycles. The van der Waals surface area contributed by atoms with E-state index >= 15 is 0 Å². The minimum Gasteiger partial charge on any atom is -0.488 e. The summed E-state index contributed by atoms with van der Waals surface area (Å²) in [5, 5.41) is 0. The summed E-state index contributed by atoms with van der Waals surface area (Å²) in [5.74, 6) is 1.52. The number of benzene rings is 6. The molecule has 1 fully saturated rings. The molecule has 1 aliphatic rings. The van der Waals surface area contributed by atoms with E-state index in [2.05, 4.69) is 69.3 Å². The molecule has 6 aromatic carbocycles. The molecule has 1 heterocycles. The van der Waals surface area contributed by atoms with Gasteiger partial charge < -0.3 is 28.4 Å². The molecular formula is C48H48O6. The standard InChI is InChI=1S/C48H48O6/c1-4-41-42(28-45-53-47(51-32-38-21-13-7-14-22-38)48(54-45)52-33-39-23-15-8-16-24-39)46(40-26-34(2)25-35(3)27-40)44(50-31-37-19-11-6-12-20-37)29-43(41)49-30-36-17-9-5-10-18-36/h5-27,29,45,47-48H,4,28,30-33H2,1-3H3/t47-,48-/m0/s1. The Balaban J connectivity index is 1.26. The first-order chi connectivity index (χ1) is 26.5. The molecule has 0 aliphatic carbocycles. The van der Waals surface area contributed by atoms with Crippen molar-refractivity contribution in [2.45, 2.75) is 78.9 Å². The van der Waals surface area contributed by atoms with Crippen molar-refractivity contribution in [2.24, 2.45) is 0 Å². The van der Waals surface area contributed by atoms with Crippen LogP contribution in [0.4, 0.5) is 0 Å². The minimum absolute atomic E-state index is 0.362. The number of hydrogen-bond donors (Lipinski definition) is 0. The molecule has 6 nitrogen and oxygen atoms in total. The molecule has 0 radical (unpaired) electrons. The summed E-state index contributed by atoms with van der Waals surface area (Å²) >= 11 is 0. The number of hydrogen-bond acceptors (Lipinski definition) is 6. The fraction of sp³-hybridized carbons (Fsp3) is 0.250. The van der Waals surface area contributed by atoms with Crippen LogP contribution in [-0.2, 0) is 58.2 Å². The molecule has 0 spiro atoms. The van der Waals surface area contributed by atoms with E-state index in [0.717, 1.165) is 62.4 Å². The van der Waals surface area contributed by atoms with Crippen LogP contribution in [0.15, 0.2) is 146 Å². The molecule has 0 N–H and O–H groups in total. The zero-order valence-corrected chi connectivity index (χ0v) is 31.3. The predicted molar refractivity (Wildman–Crippen MR) is 212 cm³/mol. The Labute approximate surface area is 319 Å². The summed E-state index contributed by atoms with van der Waals surface area (Å²) in [7, 11) is 0. The summed E-state index contributed by atoms with van der Waals surface area (Å²) in [6.07, 6.45) is -0.982. The summed E-state index contributed by atoms with van der Waals surface area (Å²) in [6, 6.07) is 49.3. The monoisotopic (exact) mass is 720 g/mol. The van der Waals surface area contributed by atoms with Crippen LogP contribution in [0.3, 0.4) is 0 Å². The highest BCUT2D eigenvalue weighted by atomic mass is 16.9. The SMILES string of the molecule is CCc1c(OCc2ccccc2)cc(OCc2ccccc2)c(-c2cc(C)cc(C)c2)c1CC1O[C@H](OCc2ccccc2)[C@@H](OCc2ccccc2)O1. The molecule has 1 saturated heterocycles. The molecule has 0 bridgehead atoms. The van der Waals surface area contributed by atoms with Gasteiger partial charge in [0.15, 0.2) is 6.29 Å². The van der Waals surface area contributed by atoms with Gasteiger partial charge in [0.05, 0.1) is 13.2 Å². The lowest BCUT2D eigenvalue weighted by molar-refractivity contribution is -0.200. The Bertz CT molecular complexity index is 2000. The quantitative estimate of drug-likeness (QED) is 0.0992. The van der Waals surface area contributed by atoms with E-state index < -0.39 is 18.9 Å². The van der Waals surface area contributed by atoms with Crippen molar-refractivity contribution in [1.82, 2.24) is 0 Å². The summed E-state index contributed by atoms with van der Waals surface area (Å²) in [5.41, 5.74) is 10.8. The third-order valence-corrected chi connectivity index (χ3v) is 9.49. The van der Waals surface area contributed by atoms with Crippen molar-refractivity contribution in [2.75, 3.05) is 0 Å². The normalized spacial score (nSPS) is 15.7. The van der Waals surface area contributed by atoms with Crippen molar-refractivity contribution in [1.29, 1.82) is 0 Å². The Morgan fingerprint density at radius 2 is 0.907 bits per heavy atom. The Kier molecular flexibility index (Phi) is 12.5. The van der Waals surface area contributed by atoms with Gasteiger partial charge in [0.1, 0.15) is 24.7 Å². The fourth-order valence-corrected chi connectivity index (χ4v) is 6.95. The average Bonchev–Trinajstić information content (AvgIpc) is 3.59. The predicted octanol–water partition coefficient (Wildman–Crippen LogP) is 10.7. The first-order valence-electron chi connectivity index (χ1n) is 18.7. The van der Waals surface area contributed by atoms with Crippen molar-refractivity contribution in [3.8, 4) is 22.6 Å². The largest absolute Gasteiger partial charge is 0.488 e. The Morgan fingerprint density at radius 3 is 1.35 bits per heavy atom. The van der Waals surface area contributed by atoms with Gasteiger partial charge >= 0.3 is 0 Å². The van der Waals surface area contributed by atoms with Gasteiger partial charge in [-0.3, -0.25) is 0 Å². The van der Waals surface area contributed by atoms with Gasteiger partial charge in [-0.2, -0.15) is 0 Å². The molecular weight excluding hydrogens is 673 g/mol. The van der Waals surface area contributed by atoms with E-state index in [0.29, 0.717) is 32.8 Å². The molecule has 0 saturated carbocycles. The van der Waals surface area contributed by atoms with Crippen molar-refractivity contribution in [3.05, 3.63) is 190 Å². The molecule has 0 unspecified atom stereocenters. The lowest BCUT2D eigenvalue weighted by atomic mass is 9.89. The average molecular weight is 721 g/mol. The van der Waals surface area contributed by atoms with E-state index in [1.807, 2.05) is 97.1 Å². The van der Waals surface area contributed by atoms with E-state index in [4.69, 9.17) is 28.4 Å². The highest BCUT2D eigenvalue weighted by molar-refractivity contribution is 5.78. The smallest absolute Gasteiger partial charge is 0.212 e. The molecule has 7 rings (SSSR count). The minimum atomic E-state index is -0.736. The van der Waals surface area contributed by atoms with Gasteiger partial charge in [0.2, 0.25) is 12.6 Å². The van der Waals surface area contributed by atoms with E-state index in [1.54, 1.807) is 0 Å². The lowest BCUT2D eigenvalue weighted by Gasteiger charge is -2.24. The second-order valence-corrected chi connectivity index (χ2v) is 13.7. The van der Waals surface area contributed by atoms with Crippen molar-refractivity contribution in [3.63, 3.8) is 0 Å². The summed E-state index contributed by atoms with van der Waals surface area (Å²) < 4.78 is 39.4. The van der Waals surface area contributed by atoms with Gasteiger partial charge in [-0.25, -0.2) is 0 Å². The molecule has 0 amide bonds. The molecule has 2 atom stereocenters. The van der Waals surface area contributed by atoms with Gasteiger partial charge in [0.25, 0.3) is 0 Å². The fourth-order valence-electron chi connectivity index (χ4n) is 6.95. The van der Waals surface area contributed by atoms with E-state index in [-0.39, 0.29) is 0 Å². The number of ether oxygens (including phenoxy) is 6. The first kappa shape index (κ1) is 37.1. The first-order valence-corrected chi connectivity index (χ1v) is 18.7. The third kappa shape index (κ3) is 9.64. The van der Waals surface area contributed by atoms with Crippen molar-refractivity contribution >= 4 is 0 Å². The van der Waals surface area contributed by atoms with Gasteiger partial charge in [-0.15, -0.1) is 0 Å². The second kappa shape index (κ2) is 18.2. The molecule has 276 valence electrons. The van der Waals surface area contributed by atoms with Gasteiger partial charge in [-0.05, 0) is 59.2 Å². The van der Waals surface area contributed by atoms with Crippen LogP contribution < -0.4 is 9.47 Å². The zero-order valence-electron chi connectivity index (χ0n) is 31.3. The van der Waals surface area contributed by atoms with Crippen LogP contribution in [-0.4, -0.2) is 18.9 Å². The van der Waals surface area contributed by atoms with Crippen LogP contribution in [0.2, 0.25) is 0 Å². The maximum Gasteiger partial charge on any atom is 0.212 e. The Hall–Kier alpha value is -5.24. The van der Waals surface area contributed by atoms with Crippen LogP contribution >= 0.6 is 0 Å². The Morgan fingerprint density at radius 1 is 0.481 bits per heavy atom. The third-order valence-electron chi connectivity index (χ3n) is 9.49. The van der Waals surface area contributed by atoms with E-state index in [1.165, 1.54) is 11.1 Å². The molecule has 1 aliphatic heterocycles. The van der Waals surface area contributed by atoms with Gasteiger partial charge in [0, 0.05) is 18.1 Å². The zero-order chi connectivity index (χ0) is 37.1. The lowest BCUT2D eigenvalue weighted by Crippen LogP contribution is -2.28. The van der Waals surface area contributed by atoms with Crippen molar-refractivity contribution < 1.29 is 28.4 Å². The van der Waals surface area contributed by atoms with E-state index in [9.17, 15) is 0 Å². The maximum absolute atomic E-state index is 6.76. The summed E-state index contributed by atoms with van der Waals surface area (Å²) in [6.45, 7) is 7.98. The highest BCUT2D eigenvalue weighted by Crippen LogP contribution is 2.44. The van der Waals surface area contributed by atoms with Crippen LogP contribution in [0.5, 0.6) is 11.5 Å². The molecule has 6 aromatic rings. The number of aryl methyl sites for hydroxylation is 2. The summed E-state index contributed by atoms with van der Waals surface area (Å²) in [4.78, 5) is 0. The topological polar surface area (TPSA) is 55.4 Å².